The van der Waals surface area contributed by atoms with Gasteiger partial charge >= 0.3 is 6.03 Å². The molecule has 36 heavy (non-hydrogen) atoms. The number of urea groups is 1. The van der Waals surface area contributed by atoms with Gasteiger partial charge in [-0.3, -0.25) is 14.5 Å². The molecular weight excluding hydrogens is 456 g/mol. The van der Waals surface area contributed by atoms with Gasteiger partial charge in [-0.1, -0.05) is 58.0 Å². The molecule has 0 bridgehead atoms. The van der Waals surface area contributed by atoms with E-state index in [0.717, 1.165) is 5.56 Å². The molecule has 0 aliphatic carbocycles. The maximum atomic E-state index is 13.8. The van der Waals surface area contributed by atoms with E-state index in [1.54, 1.807) is 11.9 Å². The fraction of sp³-hybridized carbons (Fsp3) is 0.393. The van der Waals surface area contributed by atoms with E-state index in [0.29, 0.717) is 35.2 Å². The van der Waals surface area contributed by atoms with Gasteiger partial charge < -0.3 is 20.3 Å². The predicted octanol–water partition coefficient (Wildman–Crippen LogP) is 4.07. The molecule has 2 atom stereocenters. The van der Waals surface area contributed by atoms with Crippen molar-refractivity contribution in [3.05, 3.63) is 71.4 Å². The molecule has 0 saturated heterocycles. The summed E-state index contributed by atoms with van der Waals surface area (Å²) in [5.41, 5.74) is 1.83. The van der Waals surface area contributed by atoms with Crippen LogP contribution in [-0.4, -0.2) is 53.8 Å². The fourth-order valence-corrected chi connectivity index (χ4v) is 4.66. The Kier molecular flexibility index (Phi) is 7.33. The van der Waals surface area contributed by atoms with Crippen LogP contribution in [0.5, 0.6) is 11.5 Å². The Morgan fingerprint density at radius 2 is 1.75 bits per heavy atom. The summed E-state index contributed by atoms with van der Waals surface area (Å²) in [5, 5.41) is 5.93. The Labute approximate surface area is 212 Å². The highest BCUT2D eigenvalue weighted by molar-refractivity contribution is 6.03. The van der Waals surface area contributed by atoms with E-state index in [9.17, 15) is 14.4 Å². The molecule has 0 radical (unpaired) electrons. The van der Waals surface area contributed by atoms with Gasteiger partial charge in [0.2, 0.25) is 5.91 Å². The minimum absolute atomic E-state index is 0.0996. The number of nitrogens with zero attached hydrogens (tertiary/aromatic N) is 2. The van der Waals surface area contributed by atoms with E-state index in [1.165, 1.54) is 4.90 Å². The SMILES string of the molecule is CC(C)CNC(=O)[C@H](C(C)C)N1CC2=C(C1=O)[C@H](c1cccc(Oc3ccccc3)c1)NC(=O)N2C. The van der Waals surface area contributed by atoms with Crippen LogP contribution in [0.3, 0.4) is 0 Å². The summed E-state index contributed by atoms with van der Waals surface area (Å²) >= 11 is 0. The van der Waals surface area contributed by atoms with Crippen molar-refractivity contribution in [1.82, 2.24) is 20.4 Å². The number of nitrogens with one attached hydrogen (secondary N) is 2. The first-order valence-electron chi connectivity index (χ1n) is 12.4. The highest BCUT2D eigenvalue weighted by Crippen LogP contribution is 2.38. The Hall–Kier alpha value is -3.81. The van der Waals surface area contributed by atoms with Crippen molar-refractivity contribution in [3.63, 3.8) is 0 Å². The van der Waals surface area contributed by atoms with E-state index >= 15 is 0 Å². The van der Waals surface area contributed by atoms with Crippen LogP contribution >= 0.6 is 0 Å². The normalized spacial score (nSPS) is 18.5. The molecule has 2 aromatic rings. The molecule has 190 valence electrons. The standard InChI is InChI=1S/C28H34N4O4/c1-17(2)15-29-26(33)25(18(3)4)32-16-22-23(27(32)34)24(30-28(35)31(22)5)19-10-9-13-21(14-19)36-20-11-7-6-8-12-20/h6-14,17-18,24-25H,15-16H2,1-5H3,(H,29,33)(H,30,35)/t24-,25-/m0/s1. The average Bonchev–Trinajstić information content (AvgIpc) is 3.17. The number of carbonyl (C=O) groups excluding carboxylic acids is 3. The number of carbonyl (C=O) groups is 3. The van der Waals surface area contributed by atoms with Gasteiger partial charge in [-0.05, 0) is 41.7 Å². The van der Waals surface area contributed by atoms with Crippen LogP contribution in [-0.2, 0) is 9.59 Å². The summed E-state index contributed by atoms with van der Waals surface area (Å²) in [6.45, 7) is 8.65. The number of benzene rings is 2. The second-order valence-electron chi connectivity index (χ2n) is 10.1. The molecule has 2 aliphatic rings. The molecule has 0 unspecified atom stereocenters. The first kappa shape index (κ1) is 25.3. The lowest BCUT2D eigenvalue weighted by molar-refractivity contribution is -0.138. The first-order chi connectivity index (χ1) is 17.2. The van der Waals surface area contributed by atoms with E-state index in [1.807, 2.05) is 82.3 Å². The number of likely N-dealkylation sites (N-methyl/N-ethyl adjacent to an activating group) is 1. The molecule has 2 aromatic carbocycles. The van der Waals surface area contributed by atoms with Crippen molar-refractivity contribution in [3.8, 4) is 11.5 Å². The molecule has 8 nitrogen and oxygen atoms in total. The zero-order valence-electron chi connectivity index (χ0n) is 21.4. The van der Waals surface area contributed by atoms with Gasteiger partial charge in [0.25, 0.3) is 5.91 Å². The lowest BCUT2D eigenvalue weighted by Crippen LogP contribution is -2.52. The second kappa shape index (κ2) is 10.4. The topological polar surface area (TPSA) is 91.0 Å². The number of hydrogen-bond donors (Lipinski definition) is 2. The molecule has 0 fully saturated rings. The van der Waals surface area contributed by atoms with Gasteiger partial charge in [-0.2, -0.15) is 0 Å². The predicted molar refractivity (Wildman–Crippen MR) is 137 cm³/mol. The average molecular weight is 491 g/mol. The number of ether oxygens (including phenoxy) is 1. The summed E-state index contributed by atoms with van der Waals surface area (Å²) in [5.74, 6) is 1.07. The number of para-hydroxylation sites is 1. The van der Waals surface area contributed by atoms with Crippen LogP contribution in [0.15, 0.2) is 65.9 Å². The van der Waals surface area contributed by atoms with Gasteiger partial charge in [-0.15, -0.1) is 0 Å². The molecule has 0 saturated carbocycles. The summed E-state index contributed by atoms with van der Waals surface area (Å²) in [4.78, 5) is 42.9. The number of rotatable bonds is 8. The summed E-state index contributed by atoms with van der Waals surface area (Å²) < 4.78 is 5.98. The molecule has 0 aromatic heterocycles. The third-order valence-corrected chi connectivity index (χ3v) is 6.48. The molecule has 8 heteroatoms. The highest BCUT2D eigenvalue weighted by atomic mass is 16.5. The maximum Gasteiger partial charge on any atom is 0.322 e. The van der Waals surface area contributed by atoms with Crippen molar-refractivity contribution in [2.24, 2.45) is 11.8 Å². The zero-order valence-corrected chi connectivity index (χ0v) is 21.4. The molecule has 0 spiro atoms. The quantitative estimate of drug-likeness (QED) is 0.584. The minimum Gasteiger partial charge on any atom is -0.457 e. The number of hydrogen-bond acceptors (Lipinski definition) is 4. The Morgan fingerprint density at radius 3 is 2.42 bits per heavy atom. The van der Waals surface area contributed by atoms with Crippen LogP contribution < -0.4 is 15.4 Å². The largest absolute Gasteiger partial charge is 0.457 e. The molecular formula is C28H34N4O4. The van der Waals surface area contributed by atoms with Gasteiger partial charge in [0.1, 0.15) is 17.5 Å². The molecule has 2 aliphatic heterocycles. The van der Waals surface area contributed by atoms with Crippen LogP contribution in [0.25, 0.3) is 0 Å². The summed E-state index contributed by atoms with van der Waals surface area (Å²) in [7, 11) is 1.65. The third kappa shape index (κ3) is 5.08. The highest BCUT2D eigenvalue weighted by Gasteiger charge is 2.47. The molecule has 4 amide bonds. The van der Waals surface area contributed by atoms with Crippen LogP contribution in [0, 0.1) is 11.8 Å². The van der Waals surface area contributed by atoms with Gasteiger partial charge in [-0.25, -0.2) is 4.79 Å². The monoisotopic (exact) mass is 490 g/mol. The first-order valence-corrected chi connectivity index (χ1v) is 12.4. The fourth-order valence-electron chi connectivity index (χ4n) is 4.66. The van der Waals surface area contributed by atoms with Crippen molar-refractivity contribution < 1.29 is 19.1 Å². The van der Waals surface area contributed by atoms with E-state index in [4.69, 9.17) is 4.74 Å². The summed E-state index contributed by atoms with van der Waals surface area (Å²) in [6, 6.07) is 15.2. The Morgan fingerprint density at radius 1 is 1.06 bits per heavy atom. The molecule has 2 heterocycles. The zero-order chi connectivity index (χ0) is 26.0. The molecule has 4 rings (SSSR count). The van der Waals surface area contributed by atoms with Crippen LogP contribution in [0.1, 0.15) is 39.3 Å². The lowest BCUT2D eigenvalue weighted by atomic mass is 9.95. The summed E-state index contributed by atoms with van der Waals surface area (Å²) in [6.07, 6.45) is 0. The lowest BCUT2D eigenvalue weighted by Gasteiger charge is -2.31. The Balaban J connectivity index is 1.64. The van der Waals surface area contributed by atoms with E-state index in [-0.39, 0.29) is 30.3 Å². The number of amides is 4. The minimum atomic E-state index is -0.646. The van der Waals surface area contributed by atoms with Gasteiger partial charge in [0.15, 0.2) is 0 Å². The van der Waals surface area contributed by atoms with E-state index < -0.39 is 12.1 Å². The van der Waals surface area contributed by atoms with Crippen LogP contribution in [0.4, 0.5) is 4.79 Å². The van der Waals surface area contributed by atoms with Crippen molar-refractivity contribution in [1.29, 1.82) is 0 Å². The second-order valence-corrected chi connectivity index (χ2v) is 10.1. The van der Waals surface area contributed by atoms with Crippen molar-refractivity contribution >= 4 is 17.8 Å². The maximum absolute atomic E-state index is 13.8. The van der Waals surface area contributed by atoms with E-state index in [2.05, 4.69) is 10.6 Å². The van der Waals surface area contributed by atoms with Crippen LogP contribution in [0.2, 0.25) is 0 Å². The van der Waals surface area contributed by atoms with Gasteiger partial charge in [0.05, 0.1) is 23.9 Å². The molecule has 2 N–H and O–H groups in total. The van der Waals surface area contributed by atoms with Gasteiger partial charge in [0, 0.05) is 13.6 Å². The van der Waals surface area contributed by atoms with Crippen molar-refractivity contribution in [2.45, 2.75) is 39.8 Å². The third-order valence-electron chi connectivity index (χ3n) is 6.48. The smallest absolute Gasteiger partial charge is 0.322 e. The van der Waals surface area contributed by atoms with Crippen molar-refractivity contribution in [2.75, 3.05) is 20.1 Å². The Bertz CT molecular complexity index is 1180.